The van der Waals surface area contributed by atoms with Gasteiger partial charge in [-0.05, 0) is 43.0 Å². The number of β-amino-alcohol motifs (C(OH)–C–C–N with tert-alkyl or cyclic N) is 1. The fraction of sp³-hybridized carbons (Fsp3) is 0.647. The Morgan fingerprint density at radius 2 is 2.09 bits per heavy atom. The van der Waals surface area contributed by atoms with E-state index in [9.17, 15) is 14.7 Å². The summed E-state index contributed by atoms with van der Waals surface area (Å²) in [6, 6.07) is 3.30. The molecule has 3 heterocycles. The fourth-order valence-corrected chi connectivity index (χ4v) is 4.11. The molecule has 6 heteroatoms. The van der Waals surface area contributed by atoms with Crippen LogP contribution in [0.1, 0.15) is 42.3 Å². The van der Waals surface area contributed by atoms with Crippen LogP contribution in [0.15, 0.2) is 17.5 Å². The number of carbonyl (C=O) groups excluding carboxylic acids is 2. The maximum absolute atomic E-state index is 12.9. The van der Waals surface area contributed by atoms with Crippen LogP contribution in [-0.4, -0.2) is 58.5 Å². The number of hydrogen-bond donors (Lipinski definition) is 1. The van der Waals surface area contributed by atoms with Gasteiger partial charge in [-0.3, -0.25) is 9.59 Å². The number of rotatable bonds is 2. The molecule has 3 atom stereocenters. The molecule has 2 amide bonds. The second-order valence-corrected chi connectivity index (χ2v) is 7.55. The SMILES string of the molecule is CC1CCN(C(=O)C2CCCCN2C(=O)c2cccs2)CC1O. The molecule has 0 radical (unpaired) electrons. The molecule has 23 heavy (non-hydrogen) atoms. The lowest BCUT2D eigenvalue weighted by molar-refractivity contribution is -0.141. The number of nitrogens with zero attached hydrogens (tertiary/aromatic N) is 2. The van der Waals surface area contributed by atoms with Crippen molar-refractivity contribution in [2.75, 3.05) is 19.6 Å². The van der Waals surface area contributed by atoms with Crippen molar-refractivity contribution >= 4 is 23.2 Å². The minimum atomic E-state index is -0.460. The van der Waals surface area contributed by atoms with Crippen LogP contribution in [0.2, 0.25) is 0 Å². The van der Waals surface area contributed by atoms with Gasteiger partial charge in [-0.1, -0.05) is 13.0 Å². The number of aliphatic hydroxyl groups excluding tert-OH is 1. The molecule has 2 aliphatic rings. The van der Waals surface area contributed by atoms with E-state index >= 15 is 0 Å². The van der Waals surface area contributed by atoms with Gasteiger partial charge in [0.2, 0.25) is 5.91 Å². The molecular weight excluding hydrogens is 312 g/mol. The largest absolute Gasteiger partial charge is 0.391 e. The van der Waals surface area contributed by atoms with Crippen LogP contribution in [0.4, 0.5) is 0 Å². The number of thiophene rings is 1. The van der Waals surface area contributed by atoms with Gasteiger partial charge in [-0.2, -0.15) is 0 Å². The van der Waals surface area contributed by atoms with Gasteiger partial charge in [0, 0.05) is 19.6 Å². The molecule has 2 saturated heterocycles. The highest BCUT2D eigenvalue weighted by Crippen LogP contribution is 2.25. The molecule has 1 aromatic heterocycles. The summed E-state index contributed by atoms with van der Waals surface area (Å²) in [7, 11) is 0. The van der Waals surface area contributed by atoms with Crippen LogP contribution in [0.5, 0.6) is 0 Å². The predicted molar refractivity (Wildman–Crippen MR) is 89.4 cm³/mol. The van der Waals surface area contributed by atoms with E-state index in [0.717, 1.165) is 25.7 Å². The summed E-state index contributed by atoms with van der Waals surface area (Å²) in [5.74, 6) is 0.193. The minimum Gasteiger partial charge on any atom is -0.391 e. The van der Waals surface area contributed by atoms with Crippen LogP contribution in [0.25, 0.3) is 0 Å². The Kier molecular flexibility index (Phi) is 5.02. The Morgan fingerprint density at radius 3 is 2.78 bits per heavy atom. The standard InChI is InChI=1S/C17H24N2O3S/c1-12-7-9-18(11-14(12)20)16(21)13-5-2-3-8-19(13)17(22)15-6-4-10-23-15/h4,6,10,12-14,20H,2-3,5,7-9,11H2,1H3. The Bertz CT molecular complexity index is 560. The smallest absolute Gasteiger partial charge is 0.264 e. The molecule has 5 nitrogen and oxygen atoms in total. The first kappa shape index (κ1) is 16.5. The number of hydrogen-bond acceptors (Lipinski definition) is 4. The van der Waals surface area contributed by atoms with Crippen molar-refractivity contribution in [3.8, 4) is 0 Å². The molecule has 1 aromatic rings. The fourth-order valence-electron chi connectivity index (χ4n) is 3.43. The Balaban J connectivity index is 1.73. The lowest BCUT2D eigenvalue weighted by Gasteiger charge is -2.40. The summed E-state index contributed by atoms with van der Waals surface area (Å²) in [5.41, 5.74) is 0. The van der Waals surface area contributed by atoms with E-state index < -0.39 is 6.10 Å². The van der Waals surface area contributed by atoms with E-state index in [-0.39, 0.29) is 23.8 Å². The molecule has 1 N–H and O–H groups in total. The third-order valence-corrected chi connectivity index (χ3v) is 5.87. The van der Waals surface area contributed by atoms with Gasteiger partial charge in [0.1, 0.15) is 6.04 Å². The Labute approximate surface area is 140 Å². The highest BCUT2D eigenvalue weighted by molar-refractivity contribution is 7.12. The second-order valence-electron chi connectivity index (χ2n) is 6.60. The van der Waals surface area contributed by atoms with Gasteiger partial charge in [-0.25, -0.2) is 0 Å². The summed E-state index contributed by atoms with van der Waals surface area (Å²) in [5, 5.41) is 11.9. The number of carbonyl (C=O) groups is 2. The molecule has 0 aliphatic carbocycles. The monoisotopic (exact) mass is 336 g/mol. The molecule has 3 unspecified atom stereocenters. The van der Waals surface area contributed by atoms with Gasteiger partial charge in [0.15, 0.2) is 0 Å². The first-order valence-electron chi connectivity index (χ1n) is 8.39. The molecule has 0 bridgehead atoms. The summed E-state index contributed by atoms with van der Waals surface area (Å²) in [6.07, 6.45) is 2.99. The highest BCUT2D eigenvalue weighted by Gasteiger charge is 2.37. The normalized spacial score (nSPS) is 28.7. The minimum absolute atomic E-state index is 0.000515. The number of amides is 2. The molecule has 2 fully saturated rings. The van der Waals surface area contributed by atoms with Crippen LogP contribution in [0.3, 0.4) is 0 Å². The zero-order valence-corrected chi connectivity index (χ0v) is 14.3. The molecule has 0 spiro atoms. The third-order valence-electron chi connectivity index (χ3n) is 5.01. The van der Waals surface area contributed by atoms with Crippen molar-refractivity contribution in [1.82, 2.24) is 9.80 Å². The lowest BCUT2D eigenvalue weighted by Crippen LogP contribution is -2.56. The predicted octanol–water partition coefficient (Wildman–Crippen LogP) is 1.97. The van der Waals surface area contributed by atoms with E-state index in [1.54, 1.807) is 9.80 Å². The van der Waals surface area contributed by atoms with Crippen molar-refractivity contribution in [2.24, 2.45) is 5.92 Å². The lowest BCUT2D eigenvalue weighted by atomic mass is 9.94. The van der Waals surface area contributed by atoms with Crippen molar-refractivity contribution in [3.63, 3.8) is 0 Å². The Hall–Kier alpha value is -1.40. The van der Waals surface area contributed by atoms with Crippen molar-refractivity contribution in [2.45, 2.75) is 44.8 Å². The molecule has 0 aromatic carbocycles. The summed E-state index contributed by atoms with van der Waals surface area (Å²) >= 11 is 1.42. The van der Waals surface area contributed by atoms with Crippen LogP contribution in [0, 0.1) is 5.92 Å². The molecule has 126 valence electrons. The number of piperidine rings is 2. The first-order chi connectivity index (χ1) is 11.1. The first-order valence-corrected chi connectivity index (χ1v) is 9.27. The van der Waals surface area contributed by atoms with E-state index in [1.807, 2.05) is 24.4 Å². The second kappa shape index (κ2) is 7.01. The van der Waals surface area contributed by atoms with E-state index in [4.69, 9.17) is 0 Å². The topological polar surface area (TPSA) is 60.9 Å². The van der Waals surface area contributed by atoms with Gasteiger partial charge < -0.3 is 14.9 Å². The highest BCUT2D eigenvalue weighted by atomic mass is 32.1. The van der Waals surface area contributed by atoms with Gasteiger partial charge in [0.25, 0.3) is 5.91 Å². The van der Waals surface area contributed by atoms with E-state index in [1.165, 1.54) is 11.3 Å². The van der Waals surface area contributed by atoms with Gasteiger partial charge >= 0.3 is 0 Å². The molecule has 2 aliphatic heterocycles. The zero-order chi connectivity index (χ0) is 16.4. The average Bonchev–Trinajstić information content (AvgIpc) is 3.10. The number of likely N-dealkylation sites (tertiary alicyclic amines) is 2. The Morgan fingerprint density at radius 1 is 1.26 bits per heavy atom. The number of aliphatic hydroxyl groups is 1. The molecule has 0 saturated carbocycles. The average molecular weight is 336 g/mol. The zero-order valence-electron chi connectivity index (χ0n) is 13.5. The summed E-state index contributed by atoms with van der Waals surface area (Å²) < 4.78 is 0. The molecule has 3 rings (SSSR count). The van der Waals surface area contributed by atoms with E-state index in [0.29, 0.717) is 24.5 Å². The van der Waals surface area contributed by atoms with Crippen molar-refractivity contribution in [1.29, 1.82) is 0 Å². The quantitative estimate of drug-likeness (QED) is 0.898. The van der Waals surface area contributed by atoms with Crippen molar-refractivity contribution in [3.05, 3.63) is 22.4 Å². The molecular formula is C17H24N2O3S. The maximum atomic E-state index is 12.9. The van der Waals surface area contributed by atoms with Crippen molar-refractivity contribution < 1.29 is 14.7 Å². The third kappa shape index (κ3) is 3.43. The van der Waals surface area contributed by atoms with Crippen LogP contribution < -0.4 is 0 Å². The van der Waals surface area contributed by atoms with Gasteiger partial charge in [0.05, 0.1) is 11.0 Å². The summed E-state index contributed by atoms with van der Waals surface area (Å²) in [4.78, 5) is 29.8. The maximum Gasteiger partial charge on any atom is 0.264 e. The van der Waals surface area contributed by atoms with Crippen LogP contribution in [-0.2, 0) is 4.79 Å². The van der Waals surface area contributed by atoms with Gasteiger partial charge in [-0.15, -0.1) is 11.3 Å². The van der Waals surface area contributed by atoms with Crippen LogP contribution >= 0.6 is 11.3 Å². The summed E-state index contributed by atoms with van der Waals surface area (Å²) in [6.45, 7) is 3.71. The van der Waals surface area contributed by atoms with E-state index in [2.05, 4.69) is 0 Å².